The van der Waals surface area contributed by atoms with Crippen LogP contribution in [0.4, 0.5) is 0 Å². The Morgan fingerprint density at radius 2 is 2.11 bits per heavy atom. The first-order valence-electron chi connectivity index (χ1n) is 5.72. The van der Waals surface area contributed by atoms with Crippen LogP contribution in [-0.2, 0) is 0 Å². The summed E-state index contributed by atoms with van der Waals surface area (Å²) in [5.41, 5.74) is 0.879. The van der Waals surface area contributed by atoms with Crippen molar-refractivity contribution >= 4 is 11.9 Å². The monoisotopic (exact) mass is 255 g/mol. The number of rotatable bonds is 4. The van der Waals surface area contributed by atoms with Crippen LogP contribution in [0.3, 0.4) is 0 Å². The van der Waals surface area contributed by atoms with Gasteiger partial charge in [0.1, 0.15) is 5.69 Å². The fourth-order valence-corrected chi connectivity index (χ4v) is 1.60. The zero-order valence-corrected chi connectivity index (χ0v) is 10.4. The Balaban J connectivity index is 2.22. The second kappa shape index (κ2) is 5.82. The number of phenolic OH excluding ortho intramolecular Hbond substituents is 1. The number of para-hydroxylation sites is 1. The van der Waals surface area contributed by atoms with Crippen LogP contribution in [0.5, 0.6) is 11.5 Å². The number of hydrogen-bond donors (Lipinski definition) is 1. The first-order chi connectivity index (χ1) is 9.22. The molecule has 0 atom stereocenters. The van der Waals surface area contributed by atoms with Crippen LogP contribution in [0.1, 0.15) is 16.1 Å². The van der Waals surface area contributed by atoms with Gasteiger partial charge in [0, 0.05) is 11.8 Å². The Kier molecular flexibility index (Phi) is 3.93. The second-order valence-electron chi connectivity index (χ2n) is 3.81. The number of allylic oxidation sites excluding steroid dienone is 1. The average Bonchev–Trinajstić information content (AvgIpc) is 2.47. The predicted molar refractivity (Wildman–Crippen MR) is 72.3 cm³/mol. The topological polar surface area (TPSA) is 59.4 Å². The minimum atomic E-state index is -0.220. The molecule has 1 heterocycles. The smallest absolute Gasteiger partial charge is 0.204 e. The summed E-state index contributed by atoms with van der Waals surface area (Å²) in [6, 6.07) is 10.2. The van der Waals surface area contributed by atoms with E-state index in [0.29, 0.717) is 17.0 Å². The van der Waals surface area contributed by atoms with Crippen LogP contribution in [0.25, 0.3) is 6.08 Å². The Hall–Kier alpha value is -2.62. The van der Waals surface area contributed by atoms with Gasteiger partial charge in [-0.3, -0.25) is 9.78 Å². The third-order valence-electron chi connectivity index (χ3n) is 2.58. The van der Waals surface area contributed by atoms with Crippen LogP contribution >= 0.6 is 0 Å². The molecule has 0 saturated carbocycles. The molecule has 96 valence electrons. The molecule has 2 rings (SSSR count). The molecule has 0 saturated heterocycles. The Bertz CT molecular complexity index is 606. The second-order valence-corrected chi connectivity index (χ2v) is 3.81. The molecule has 0 unspecified atom stereocenters. The standard InChI is InChI=1S/C15H13NO3/c1-19-14-7-4-5-11(15(14)18)8-9-13(17)12-6-2-3-10-16-12/h2-10,18H,1H3. The van der Waals surface area contributed by atoms with Gasteiger partial charge in [-0.15, -0.1) is 0 Å². The summed E-state index contributed by atoms with van der Waals surface area (Å²) in [6.45, 7) is 0. The van der Waals surface area contributed by atoms with Crippen molar-refractivity contribution in [3.63, 3.8) is 0 Å². The van der Waals surface area contributed by atoms with Crippen LogP contribution in [-0.4, -0.2) is 23.0 Å². The normalized spacial score (nSPS) is 10.6. The van der Waals surface area contributed by atoms with E-state index < -0.39 is 0 Å². The van der Waals surface area contributed by atoms with E-state index in [0.717, 1.165) is 0 Å². The number of carbonyl (C=O) groups excluding carboxylic acids is 1. The zero-order chi connectivity index (χ0) is 13.7. The highest BCUT2D eigenvalue weighted by atomic mass is 16.5. The number of hydrogen-bond acceptors (Lipinski definition) is 4. The highest BCUT2D eigenvalue weighted by Gasteiger charge is 2.06. The molecule has 0 amide bonds. The van der Waals surface area contributed by atoms with Gasteiger partial charge in [0.2, 0.25) is 5.78 Å². The summed E-state index contributed by atoms with van der Waals surface area (Å²) in [4.78, 5) is 15.8. The van der Waals surface area contributed by atoms with E-state index in [-0.39, 0.29) is 11.5 Å². The van der Waals surface area contributed by atoms with Crippen LogP contribution < -0.4 is 4.74 Å². The van der Waals surface area contributed by atoms with Gasteiger partial charge in [0.15, 0.2) is 11.5 Å². The fraction of sp³-hybridized carbons (Fsp3) is 0.0667. The molecule has 19 heavy (non-hydrogen) atoms. The highest BCUT2D eigenvalue weighted by molar-refractivity contribution is 6.05. The summed E-state index contributed by atoms with van der Waals surface area (Å²) in [5.74, 6) is 0.158. The fourth-order valence-electron chi connectivity index (χ4n) is 1.60. The summed E-state index contributed by atoms with van der Waals surface area (Å²) in [6.07, 6.45) is 4.47. The predicted octanol–water partition coefficient (Wildman–Crippen LogP) is 2.69. The molecule has 4 heteroatoms. The Morgan fingerprint density at radius 1 is 1.26 bits per heavy atom. The lowest BCUT2D eigenvalue weighted by atomic mass is 10.1. The Labute approximate surface area is 111 Å². The van der Waals surface area contributed by atoms with E-state index in [1.807, 2.05) is 0 Å². The van der Waals surface area contributed by atoms with Gasteiger partial charge in [-0.05, 0) is 30.4 Å². The number of nitrogens with zero attached hydrogens (tertiary/aromatic N) is 1. The molecule has 1 aromatic carbocycles. The number of ether oxygens (including phenoxy) is 1. The van der Waals surface area contributed by atoms with E-state index in [2.05, 4.69) is 4.98 Å². The van der Waals surface area contributed by atoms with E-state index in [4.69, 9.17) is 4.74 Å². The molecule has 4 nitrogen and oxygen atoms in total. The number of aromatic nitrogens is 1. The Morgan fingerprint density at radius 3 is 2.79 bits per heavy atom. The van der Waals surface area contributed by atoms with Gasteiger partial charge < -0.3 is 9.84 Å². The van der Waals surface area contributed by atoms with E-state index in [9.17, 15) is 9.90 Å². The lowest BCUT2D eigenvalue weighted by molar-refractivity contribution is 0.104. The minimum Gasteiger partial charge on any atom is -0.504 e. The molecule has 0 aliphatic heterocycles. The van der Waals surface area contributed by atoms with Gasteiger partial charge >= 0.3 is 0 Å². The van der Waals surface area contributed by atoms with Crippen molar-refractivity contribution in [3.05, 3.63) is 59.9 Å². The molecule has 0 aliphatic carbocycles. The number of pyridine rings is 1. The molecule has 0 radical (unpaired) electrons. The summed E-state index contributed by atoms with van der Waals surface area (Å²) >= 11 is 0. The number of carbonyl (C=O) groups is 1. The molecule has 1 N–H and O–H groups in total. The number of aromatic hydroxyl groups is 1. The van der Waals surface area contributed by atoms with Crippen LogP contribution in [0.2, 0.25) is 0 Å². The zero-order valence-electron chi connectivity index (χ0n) is 10.4. The van der Waals surface area contributed by atoms with Gasteiger partial charge in [0.25, 0.3) is 0 Å². The van der Waals surface area contributed by atoms with Gasteiger partial charge in [-0.25, -0.2) is 0 Å². The maximum atomic E-state index is 11.8. The highest BCUT2D eigenvalue weighted by Crippen LogP contribution is 2.30. The van der Waals surface area contributed by atoms with Crippen molar-refractivity contribution in [2.75, 3.05) is 7.11 Å². The van der Waals surface area contributed by atoms with Crippen LogP contribution in [0, 0.1) is 0 Å². The molecule has 1 aromatic heterocycles. The molecule has 0 bridgehead atoms. The maximum Gasteiger partial charge on any atom is 0.204 e. The molecule has 2 aromatic rings. The number of benzene rings is 1. The van der Waals surface area contributed by atoms with E-state index in [1.165, 1.54) is 19.3 Å². The third kappa shape index (κ3) is 2.98. The maximum absolute atomic E-state index is 11.8. The SMILES string of the molecule is COc1cccc(C=CC(=O)c2ccccn2)c1O. The first-order valence-corrected chi connectivity index (χ1v) is 5.72. The summed E-state index contributed by atoms with van der Waals surface area (Å²) in [7, 11) is 1.47. The van der Waals surface area contributed by atoms with E-state index in [1.54, 1.807) is 42.6 Å². The molecular weight excluding hydrogens is 242 g/mol. The molecule has 0 spiro atoms. The molecule has 0 fully saturated rings. The van der Waals surface area contributed by atoms with Crippen LogP contribution in [0.15, 0.2) is 48.7 Å². The number of ketones is 1. The van der Waals surface area contributed by atoms with E-state index >= 15 is 0 Å². The number of methoxy groups -OCH3 is 1. The van der Waals surface area contributed by atoms with Crippen molar-refractivity contribution in [3.8, 4) is 11.5 Å². The van der Waals surface area contributed by atoms with Gasteiger partial charge in [0.05, 0.1) is 7.11 Å². The largest absolute Gasteiger partial charge is 0.504 e. The molecular formula is C15H13NO3. The third-order valence-corrected chi connectivity index (χ3v) is 2.58. The van der Waals surface area contributed by atoms with Gasteiger partial charge in [-0.2, -0.15) is 0 Å². The first kappa shape index (κ1) is 12.8. The van der Waals surface area contributed by atoms with Crippen molar-refractivity contribution in [1.82, 2.24) is 4.98 Å². The summed E-state index contributed by atoms with van der Waals surface area (Å²) in [5, 5.41) is 9.87. The lowest BCUT2D eigenvalue weighted by Gasteiger charge is -2.04. The quantitative estimate of drug-likeness (QED) is 0.674. The van der Waals surface area contributed by atoms with Crippen molar-refractivity contribution in [2.24, 2.45) is 0 Å². The number of phenols is 1. The van der Waals surface area contributed by atoms with Crippen molar-refractivity contribution in [2.45, 2.75) is 0 Å². The average molecular weight is 255 g/mol. The van der Waals surface area contributed by atoms with Crippen molar-refractivity contribution in [1.29, 1.82) is 0 Å². The summed E-state index contributed by atoms with van der Waals surface area (Å²) < 4.78 is 5.00. The van der Waals surface area contributed by atoms with Crippen molar-refractivity contribution < 1.29 is 14.6 Å². The minimum absolute atomic E-state index is 0.00932. The van der Waals surface area contributed by atoms with Gasteiger partial charge in [-0.1, -0.05) is 18.2 Å². The molecule has 0 aliphatic rings. The lowest BCUT2D eigenvalue weighted by Crippen LogP contribution is -1.96.